The van der Waals surface area contributed by atoms with Gasteiger partial charge >= 0.3 is 0 Å². The van der Waals surface area contributed by atoms with E-state index in [0.29, 0.717) is 11.6 Å². The minimum Gasteiger partial charge on any atom is -0.382 e. The fraction of sp³-hybridized carbons (Fsp3) is 0.167. The Hall–Kier alpha value is -3.22. The maximum absolute atomic E-state index is 13.7. The predicted molar refractivity (Wildman–Crippen MR) is 94.2 cm³/mol. The van der Waals surface area contributed by atoms with Gasteiger partial charge in [-0.05, 0) is 35.7 Å². The highest BCUT2D eigenvalue weighted by molar-refractivity contribution is 6.05. The Balaban J connectivity index is 1.85. The summed E-state index contributed by atoms with van der Waals surface area (Å²) in [5.41, 5.74) is 7.88. The molecule has 0 spiro atoms. The fourth-order valence-corrected chi connectivity index (χ4v) is 2.39. The maximum atomic E-state index is 13.7. The van der Waals surface area contributed by atoms with Crippen molar-refractivity contribution in [3.05, 3.63) is 65.6 Å². The van der Waals surface area contributed by atoms with Crippen molar-refractivity contribution in [1.29, 1.82) is 0 Å². The van der Waals surface area contributed by atoms with Crippen molar-refractivity contribution in [2.75, 3.05) is 11.1 Å². The number of rotatable bonds is 4. The first kappa shape index (κ1) is 16.6. The van der Waals surface area contributed by atoms with Crippen LogP contribution in [0.25, 0.3) is 5.69 Å². The summed E-state index contributed by atoms with van der Waals surface area (Å²) in [7, 11) is 0. The van der Waals surface area contributed by atoms with E-state index < -0.39 is 11.7 Å². The molecule has 7 heteroatoms. The summed E-state index contributed by atoms with van der Waals surface area (Å²) in [4.78, 5) is 12.3. The second-order valence-corrected chi connectivity index (χ2v) is 5.92. The minimum atomic E-state index is -0.618. The maximum Gasteiger partial charge on any atom is 0.280 e. The van der Waals surface area contributed by atoms with Gasteiger partial charge in [-0.25, -0.2) is 4.39 Å². The van der Waals surface area contributed by atoms with Gasteiger partial charge < -0.3 is 11.1 Å². The topological polar surface area (TPSA) is 85.8 Å². The van der Waals surface area contributed by atoms with Crippen LogP contribution in [0.5, 0.6) is 0 Å². The molecule has 128 valence electrons. The van der Waals surface area contributed by atoms with Crippen molar-refractivity contribution in [3.8, 4) is 5.69 Å². The lowest BCUT2D eigenvalue weighted by molar-refractivity contribution is 0.102. The zero-order valence-electron chi connectivity index (χ0n) is 13.9. The van der Waals surface area contributed by atoms with Crippen LogP contribution in [-0.4, -0.2) is 20.9 Å². The predicted octanol–water partition coefficient (Wildman–Crippen LogP) is 3.36. The van der Waals surface area contributed by atoms with Crippen LogP contribution in [0.2, 0.25) is 0 Å². The highest BCUT2D eigenvalue weighted by Crippen LogP contribution is 2.20. The van der Waals surface area contributed by atoms with E-state index in [1.165, 1.54) is 28.4 Å². The van der Waals surface area contributed by atoms with Gasteiger partial charge in [0.05, 0.1) is 11.4 Å². The van der Waals surface area contributed by atoms with Gasteiger partial charge in [-0.15, -0.1) is 5.10 Å². The molecule has 0 unspecified atom stereocenters. The Morgan fingerprint density at radius 2 is 1.84 bits per heavy atom. The number of nitrogens with one attached hydrogen (secondary N) is 1. The molecule has 0 saturated heterocycles. The molecule has 1 heterocycles. The number of anilines is 2. The van der Waals surface area contributed by atoms with E-state index in [-0.39, 0.29) is 17.2 Å². The van der Waals surface area contributed by atoms with Crippen molar-refractivity contribution in [3.63, 3.8) is 0 Å². The Morgan fingerprint density at radius 1 is 1.16 bits per heavy atom. The van der Waals surface area contributed by atoms with Gasteiger partial charge in [0.15, 0.2) is 11.5 Å². The Labute approximate surface area is 144 Å². The van der Waals surface area contributed by atoms with E-state index in [9.17, 15) is 9.18 Å². The smallest absolute Gasteiger partial charge is 0.280 e. The summed E-state index contributed by atoms with van der Waals surface area (Å²) in [6, 6.07) is 13.5. The third-order valence-corrected chi connectivity index (χ3v) is 3.85. The number of benzene rings is 2. The quantitative estimate of drug-likeness (QED) is 0.763. The fourth-order valence-electron chi connectivity index (χ4n) is 2.39. The molecule has 3 rings (SSSR count). The molecule has 6 nitrogen and oxygen atoms in total. The number of nitrogen functional groups attached to an aromatic ring is 1. The molecule has 0 atom stereocenters. The van der Waals surface area contributed by atoms with Crippen LogP contribution in [0.15, 0.2) is 48.5 Å². The molecule has 0 aliphatic carbocycles. The molecular formula is C18H18FN5O. The first-order chi connectivity index (χ1) is 12.0. The number of halogens is 1. The lowest BCUT2D eigenvalue weighted by Crippen LogP contribution is -2.15. The number of nitrogens with two attached hydrogens (primary N) is 1. The van der Waals surface area contributed by atoms with Crippen LogP contribution in [0.1, 0.15) is 35.8 Å². The first-order valence-corrected chi connectivity index (χ1v) is 7.84. The molecule has 0 radical (unpaired) electrons. The summed E-state index contributed by atoms with van der Waals surface area (Å²) in [6.45, 7) is 4.20. The summed E-state index contributed by atoms with van der Waals surface area (Å²) in [5, 5.41) is 10.2. The van der Waals surface area contributed by atoms with Crippen molar-refractivity contribution in [2.24, 2.45) is 0 Å². The third kappa shape index (κ3) is 3.35. The van der Waals surface area contributed by atoms with E-state index in [0.717, 1.165) is 0 Å². The molecule has 0 saturated carbocycles. The van der Waals surface area contributed by atoms with Gasteiger partial charge in [-0.2, -0.15) is 4.68 Å². The summed E-state index contributed by atoms with van der Waals surface area (Å²) in [5.74, 6) is -0.658. The highest BCUT2D eigenvalue weighted by Gasteiger charge is 2.19. The van der Waals surface area contributed by atoms with Gasteiger partial charge in [-0.1, -0.05) is 43.3 Å². The number of nitrogens with zero attached hydrogens (tertiary/aromatic N) is 3. The lowest BCUT2D eigenvalue weighted by atomic mass is 10.0. The van der Waals surface area contributed by atoms with Crippen molar-refractivity contribution in [1.82, 2.24) is 15.0 Å². The third-order valence-electron chi connectivity index (χ3n) is 3.85. The van der Waals surface area contributed by atoms with Gasteiger partial charge in [0.1, 0.15) is 5.82 Å². The van der Waals surface area contributed by atoms with Crippen molar-refractivity contribution < 1.29 is 9.18 Å². The molecule has 3 aromatic rings. The molecule has 0 bridgehead atoms. The number of aromatic nitrogens is 3. The molecular weight excluding hydrogens is 321 g/mol. The van der Waals surface area contributed by atoms with Crippen LogP contribution in [0.4, 0.5) is 15.9 Å². The first-order valence-electron chi connectivity index (χ1n) is 7.84. The van der Waals surface area contributed by atoms with Crippen LogP contribution in [0.3, 0.4) is 0 Å². The number of carbonyl (C=O) groups excluding carboxylic acids is 1. The molecule has 3 N–H and O–H groups in total. The minimum absolute atomic E-state index is 0.0581. The number of hydrogen-bond acceptors (Lipinski definition) is 4. The average Bonchev–Trinajstić information content (AvgIpc) is 2.98. The second kappa shape index (κ2) is 6.72. The number of para-hydroxylation sites is 1. The summed E-state index contributed by atoms with van der Waals surface area (Å²) >= 11 is 0. The van der Waals surface area contributed by atoms with E-state index in [1.54, 1.807) is 6.07 Å². The van der Waals surface area contributed by atoms with Crippen LogP contribution in [-0.2, 0) is 0 Å². The van der Waals surface area contributed by atoms with Crippen molar-refractivity contribution >= 4 is 17.4 Å². The van der Waals surface area contributed by atoms with Crippen LogP contribution >= 0.6 is 0 Å². The van der Waals surface area contributed by atoms with E-state index in [2.05, 4.69) is 29.5 Å². The summed E-state index contributed by atoms with van der Waals surface area (Å²) < 4.78 is 15.0. The van der Waals surface area contributed by atoms with Gasteiger partial charge in [0, 0.05) is 0 Å². The van der Waals surface area contributed by atoms with Gasteiger partial charge in [0.2, 0.25) is 0 Å². The van der Waals surface area contributed by atoms with E-state index in [4.69, 9.17) is 5.73 Å². The molecule has 2 aromatic carbocycles. The van der Waals surface area contributed by atoms with Gasteiger partial charge in [0.25, 0.3) is 5.91 Å². The average molecular weight is 339 g/mol. The van der Waals surface area contributed by atoms with E-state index in [1.807, 2.05) is 24.3 Å². The molecule has 0 fully saturated rings. The number of amides is 1. The molecule has 1 aromatic heterocycles. The number of carbonyl (C=O) groups is 1. The lowest BCUT2D eigenvalue weighted by Gasteiger charge is -2.08. The summed E-state index contributed by atoms with van der Waals surface area (Å²) in [6.07, 6.45) is 0. The second-order valence-electron chi connectivity index (χ2n) is 5.92. The zero-order chi connectivity index (χ0) is 18.0. The normalized spacial score (nSPS) is 10.9. The number of hydrogen-bond donors (Lipinski definition) is 2. The Morgan fingerprint density at radius 3 is 2.48 bits per heavy atom. The molecule has 0 aliphatic heterocycles. The van der Waals surface area contributed by atoms with Gasteiger partial charge in [-0.3, -0.25) is 4.79 Å². The van der Waals surface area contributed by atoms with Crippen molar-refractivity contribution in [2.45, 2.75) is 19.8 Å². The zero-order valence-corrected chi connectivity index (χ0v) is 13.9. The largest absolute Gasteiger partial charge is 0.382 e. The highest BCUT2D eigenvalue weighted by atomic mass is 19.1. The molecule has 0 aliphatic rings. The van der Waals surface area contributed by atoms with Crippen LogP contribution < -0.4 is 11.1 Å². The SMILES string of the molecule is CC(C)c1ccc(-n2nnc(C(=O)Nc3ccccc3F)c2N)cc1. The monoisotopic (exact) mass is 339 g/mol. The molecule has 25 heavy (non-hydrogen) atoms. The van der Waals surface area contributed by atoms with Crippen LogP contribution in [0, 0.1) is 5.82 Å². The molecule has 1 amide bonds. The standard InChI is InChI=1S/C18H18FN5O/c1-11(2)12-7-9-13(10-8-12)24-17(20)16(22-23-24)18(25)21-15-6-4-3-5-14(15)19/h3-11H,20H2,1-2H3,(H,21,25). The Bertz CT molecular complexity index is 902. The van der Waals surface area contributed by atoms with E-state index >= 15 is 0 Å². The Kier molecular flexibility index (Phi) is 4.47.